The lowest BCUT2D eigenvalue weighted by molar-refractivity contribution is -0.141. The highest BCUT2D eigenvalue weighted by Gasteiger charge is 2.25. The van der Waals surface area contributed by atoms with Crippen LogP contribution >= 0.6 is 11.6 Å². The van der Waals surface area contributed by atoms with Gasteiger partial charge in [-0.1, -0.05) is 17.7 Å². The Kier molecular flexibility index (Phi) is 6.16. The molecule has 0 N–H and O–H groups in total. The molecule has 138 valence electrons. The monoisotopic (exact) mass is 369 g/mol. The number of amides is 1. The third kappa shape index (κ3) is 5.53. The van der Waals surface area contributed by atoms with Gasteiger partial charge in [0.05, 0.1) is 0 Å². The minimum atomic E-state index is -0.508. The number of esters is 1. The minimum absolute atomic E-state index is 0.0515. The van der Waals surface area contributed by atoms with Crippen LogP contribution in [-0.4, -0.2) is 41.7 Å². The number of halogens is 1. The van der Waals surface area contributed by atoms with Crippen LogP contribution in [0.15, 0.2) is 16.6 Å². The predicted octanol–water partition coefficient (Wildman–Crippen LogP) is 3.89. The summed E-state index contributed by atoms with van der Waals surface area (Å²) in [5.74, 6) is 0.864. The first kappa shape index (κ1) is 19.4. The predicted molar refractivity (Wildman–Crippen MR) is 94.4 cm³/mol. The van der Waals surface area contributed by atoms with E-state index in [1.165, 1.54) is 0 Å². The summed E-state index contributed by atoms with van der Waals surface area (Å²) >= 11 is 5.38. The molecule has 0 aromatic carbocycles. The van der Waals surface area contributed by atoms with E-state index in [2.05, 4.69) is 0 Å². The summed E-state index contributed by atoms with van der Waals surface area (Å²) in [5.41, 5.74) is 1.39. The SMILES string of the molecule is Cc1cc(C2=CCN(C(=O)OC(C)(C)C)CC2)oc1CC(=O)OCCl. The topological polar surface area (TPSA) is 69.0 Å². The molecule has 25 heavy (non-hydrogen) atoms. The van der Waals surface area contributed by atoms with E-state index in [-0.39, 0.29) is 18.6 Å². The summed E-state index contributed by atoms with van der Waals surface area (Å²) in [4.78, 5) is 25.3. The van der Waals surface area contributed by atoms with Crippen molar-refractivity contribution in [1.82, 2.24) is 4.90 Å². The molecule has 1 aliphatic rings. The van der Waals surface area contributed by atoms with Crippen molar-refractivity contribution in [3.8, 4) is 0 Å². The molecule has 2 heterocycles. The second-order valence-corrected chi connectivity index (χ2v) is 7.14. The summed E-state index contributed by atoms with van der Waals surface area (Å²) in [5, 5.41) is 0. The second kappa shape index (κ2) is 7.95. The van der Waals surface area contributed by atoms with Gasteiger partial charge in [0.2, 0.25) is 0 Å². The molecule has 1 aromatic heterocycles. The minimum Gasteiger partial charge on any atom is -0.461 e. The van der Waals surface area contributed by atoms with Crippen molar-refractivity contribution in [3.05, 3.63) is 29.2 Å². The maximum absolute atomic E-state index is 12.1. The van der Waals surface area contributed by atoms with E-state index in [1.807, 2.05) is 39.8 Å². The molecular formula is C18H24ClNO5. The van der Waals surface area contributed by atoms with Crippen molar-refractivity contribution in [3.63, 3.8) is 0 Å². The molecule has 7 heteroatoms. The van der Waals surface area contributed by atoms with Gasteiger partial charge in [0.1, 0.15) is 23.5 Å². The van der Waals surface area contributed by atoms with E-state index < -0.39 is 11.6 Å². The van der Waals surface area contributed by atoms with Gasteiger partial charge < -0.3 is 18.8 Å². The van der Waals surface area contributed by atoms with Crippen LogP contribution in [0, 0.1) is 6.92 Å². The Hall–Kier alpha value is -1.95. The van der Waals surface area contributed by atoms with Gasteiger partial charge in [-0.05, 0) is 51.3 Å². The fraction of sp³-hybridized carbons (Fsp3) is 0.556. The summed E-state index contributed by atoms with van der Waals surface area (Å²) in [6.07, 6.45) is 2.35. The van der Waals surface area contributed by atoms with Crippen LogP contribution in [-0.2, 0) is 20.7 Å². The van der Waals surface area contributed by atoms with Crippen molar-refractivity contribution in [2.45, 2.75) is 46.1 Å². The Labute approximate surface area is 152 Å². The Morgan fingerprint density at radius 3 is 2.64 bits per heavy atom. The Morgan fingerprint density at radius 2 is 2.08 bits per heavy atom. The number of carbonyl (C=O) groups excluding carboxylic acids is 2. The molecule has 6 nitrogen and oxygen atoms in total. The van der Waals surface area contributed by atoms with Gasteiger partial charge in [-0.15, -0.1) is 0 Å². The van der Waals surface area contributed by atoms with Crippen molar-refractivity contribution >= 4 is 29.2 Å². The van der Waals surface area contributed by atoms with Gasteiger partial charge in [-0.3, -0.25) is 4.79 Å². The highest BCUT2D eigenvalue weighted by molar-refractivity contribution is 6.17. The smallest absolute Gasteiger partial charge is 0.410 e. The third-order valence-corrected chi connectivity index (χ3v) is 3.83. The molecule has 0 aliphatic carbocycles. The summed E-state index contributed by atoms with van der Waals surface area (Å²) in [6.45, 7) is 8.44. The number of rotatable bonds is 4. The standard InChI is InChI=1S/C18H24ClNO5/c1-12-9-15(24-14(12)10-16(21)23-11-19)13-5-7-20(8-6-13)17(22)25-18(2,3)4/h5,9H,6-8,10-11H2,1-4H3. The van der Waals surface area contributed by atoms with E-state index in [9.17, 15) is 9.59 Å². The van der Waals surface area contributed by atoms with Crippen molar-refractivity contribution in [1.29, 1.82) is 0 Å². The molecule has 0 bridgehead atoms. The van der Waals surface area contributed by atoms with Crippen molar-refractivity contribution < 1.29 is 23.5 Å². The molecule has 0 unspecified atom stereocenters. The zero-order valence-electron chi connectivity index (χ0n) is 15.1. The maximum atomic E-state index is 12.1. The largest absolute Gasteiger partial charge is 0.461 e. The highest BCUT2D eigenvalue weighted by Crippen LogP contribution is 2.27. The number of aryl methyl sites for hydroxylation is 1. The van der Waals surface area contributed by atoms with Crippen LogP contribution in [0.5, 0.6) is 0 Å². The van der Waals surface area contributed by atoms with Gasteiger partial charge in [-0.2, -0.15) is 0 Å². The van der Waals surface area contributed by atoms with Gasteiger partial charge >= 0.3 is 12.1 Å². The van der Waals surface area contributed by atoms with Crippen LogP contribution in [0.4, 0.5) is 4.79 Å². The Morgan fingerprint density at radius 1 is 1.36 bits per heavy atom. The van der Waals surface area contributed by atoms with Crippen LogP contribution in [0.1, 0.15) is 44.3 Å². The van der Waals surface area contributed by atoms with E-state index in [1.54, 1.807) is 4.90 Å². The van der Waals surface area contributed by atoms with E-state index >= 15 is 0 Å². The number of hydrogen-bond acceptors (Lipinski definition) is 5. The fourth-order valence-corrected chi connectivity index (χ4v) is 2.60. The number of carbonyl (C=O) groups is 2. The normalized spacial score (nSPS) is 14.9. The second-order valence-electron chi connectivity index (χ2n) is 6.92. The van der Waals surface area contributed by atoms with Crippen molar-refractivity contribution in [2.75, 3.05) is 19.2 Å². The average Bonchev–Trinajstić information content (AvgIpc) is 2.87. The van der Waals surface area contributed by atoms with Crippen LogP contribution < -0.4 is 0 Å². The van der Waals surface area contributed by atoms with Gasteiger partial charge in [0.15, 0.2) is 6.07 Å². The number of nitrogens with zero attached hydrogens (tertiary/aromatic N) is 1. The van der Waals surface area contributed by atoms with Gasteiger partial charge in [0, 0.05) is 13.1 Å². The Balaban J connectivity index is 2.02. The van der Waals surface area contributed by atoms with E-state index in [0.717, 1.165) is 16.9 Å². The zero-order chi connectivity index (χ0) is 18.6. The van der Waals surface area contributed by atoms with Crippen LogP contribution in [0.25, 0.3) is 5.57 Å². The molecule has 0 atom stereocenters. The molecule has 0 radical (unpaired) electrons. The molecule has 1 aliphatic heterocycles. The lowest BCUT2D eigenvalue weighted by Crippen LogP contribution is -2.39. The maximum Gasteiger partial charge on any atom is 0.410 e. The van der Waals surface area contributed by atoms with Gasteiger partial charge in [-0.25, -0.2) is 4.79 Å². The molecule has 1 amide bonds. The zero-order valence-corrected chi connectivity index (χ0v) is 15.8. The molecule has 0 saturated heterocycles. The third-order valence-electron chi connectivity index (χ3n) is 3.72. The first-order valence-electron chi connectivity index (χ1n) is 8.18. The first-order chi connectivity index (χ1) is 11.7. The molecule has 0 spiro atoms. The molecule has 0 fully saturated rings. The summed E-state index contributed by atoms with van der Waals surface area (Å²) in [7, 11) is 0. The van der Waals surface area contributed by atoms with Crippen LogP contribution in [0.2, 0.25) is 0 Å². The van der Waals surface area contributed by atoms with E-state index in [0.29, 0.717) is 25.3 Å². The first-order valence-corrected chi connectivity index (χ1v) is 8.71. The lowest BCUT2D eigenvalue weighted by atomic mass is 10.1. The number of ether oxygens (including phenoxy) is 2. The summed E-state index contributed by atoms with van der Waals surface area (Å²) < 4.78 is 15.9. The summed E-state index contributed by atoms with van der Waals surface area (Å²) in [6, 6.07) is 1.73. The quantitative estimate of drug-likeness (QED) is 0.594. The highest BCUT2D eigenvalue weighted by atomic mass is 35.5. The lowest BCUT2D eigenvalue weighted by Gasteiger charge is -2.29. The van der Waals surface area contributed by atoms with E-state index in [4.69, 9.17) is 25.5 Å². The number of hydrogen-bond donors (Lipinski definition) is 0. The number of alkyl halides is 1. The average molecular weight is 370 g/mol. The van der Waals surface area contributed by atoms with Crippen LogP contribution in [0.3, 0.4) is 0 Å². The molecule has 2 rings (SSSR count). The van der Waals surface area contributed by atoms with Crippen molar-refractivity contribution in [2.24, 2.45) is 0 Å². The fourth-order valence-electron chi connectivity index (χ4n) is 2.48. The Bertz CT molecular complexity index is 671. The van der Waals surface area contributed by atoms with Gasteiger partial charge in [0.25, 0.3) is 0 Å². The molecule has 1 aromatic rings. The molecule has 0 saturated carbocycles. The molecular weight excluding hydrogens is 346 g/mol. The number of furan rings is 1.